The zero-order valence-corrected chi connectivity index (χ0v) is 13.2. The molecule has 5 nitrogen and oxygen atoms in total. The number of benzene rings is 1. The van der Waals surface area contributed by atoms with E-state index in [1.54, 1.807) is 24.3 Å². The number of nitrogen functional groups attached to an aromatic ring is 1. The van der Waals surface area contributed by atoms with Gasteiger partial charge in [0.15, 0.2) is 0 Å². The minimum Gasteiger partial charge on any atom is -0.492 e. The van der Waals surface area contributed by atoms with E-state index in [9.17, 15) is 8.42 Å². The van der Waals surface area contributed by atoms with Gasteiger partial charge in [-0.05, 0) is 43.7 Å². The van der Waals surface area contributed by atoms with E-state index >= 15 is 0 Å². The van der Waals surface area contributed by atoms with Crippen molar-refractivity contribution in [2.75, 3.05) is 18.1 Å². The van der Waals surface area contributed by atoms with Crippen molar-refractivity contribution in [2.45, 2.75) is 38.6 Å². The van der Waals surface area contributed by atoms with Gasteiger partial charge in [0.1, 0.15) is 12.4 Å². The van der Waals surface area contributed by atoms with Gasteiger partial charge >= 0.3 is 0 Å². The Morgan fingerprint density at radius 1 is 1.29 bits per heavy atom. The molecule has 0 radical (unpaired) electrons. The van der Waals surface area contributed by atoms with Crippen LogP contribution in [0.5, 0.6) is 5.75 Å². The molecule has 0 unspecified atom stereocenters. The number of hydrogen-bond acceptors (Lipinski definition) is 4. The van der Waals surface area contributed by atoms with Crippen molar-refractivity contribution in [1.82, 2.24) is 4.72 Å². The Morgan fingerprint density at radius 3 is 2.67 bits per heavy atom. The molecule has 21 heavy (non-hydrogen) atoms. The van der Waals surface area contributed by atoms with Gasteiger partial charge in [0.05, 0.1) is 5.75 Å². The summed E-state index contributed by atoms with van der Waals surface area (Å²) in [5, 5.41) is 0. The second kappa shape index (κ2) is 7.13. The number of nitrogens with two attached hydrogens (primary N) is 1. The average molecular weight is 312 g/mol. The average Bonchev–Trinajstić information content (AvgIpc) is 2.41. The molecule has 0 saturated heterocycles. The second-order valence-electron chi connectivity index (χ2n) is 5.81. The topological polar surface area (TPSA) is 81.4 Å². The van der Waals surface area contributed by atoms with Gasteiger partial charge in [0, 0.05) is 17.8 Å². The molecule has 1 aromatic rings. The van der Waals surface area contributed by atoms with E-state index in [4.69, 9.17) is 10.5 Å². The number of nitrogens with one attached hydrogen (secondary N) is 1. The fourth-order valence-electron chi connectivity index (χ4n) is 2.56. The predicted molar refractivity (Wildman–Crippen MR) is 84.7 cm³/mol. The zero-order chi connectivity index (χ0) is 15.3. The lowest BCUT2D eigenvalue weighted by Crippen LogP contribution is -2.39. The van der Waals surface area contributed by atoms with Gasteiger partial charge in [-0.3, -0.25) is 0 Å². The largest absolute Gasteiger partial charge is 0.492 e. The summed E-state index contributed by atoms with van der Waals surface area (Å²) in [6, 6.07) is 7.07. The SMILES string of the molecule is CC1CCC(NS(=O)(=O)CCOc2cccc(N)c2)CC1. The minimum atomic E-state index is -3.29. The van der Waals surface area contributed by atoms with Crippen LogP contribution in [0.4, 0.5) is 5.69 Å². The molecule has 6 heteroatoms. The van der Waals surface area contributed by atoms with Crippen molar-refractivity contribution in [3.05, 3.63) is 24.3 Å². The van der Waals surface area contributed by atoms with Crippen molar-refractivity contribution in [1.29, 1.82) is 0 Å². The molecule has 1 aromatic carbocycles. The van der Waals surface area contributed by atoms with Crippen LogP contribution in [-0.4, -0.2) is 26.8 Å². The molecule has 0 bridgehead atoms. The molecule has 0 aliphatic heterocycles. The van der Waals surface area contributed by atoms with Crippen LogP contribution in [0.15, 0.2) is 24.3 Å². The third kappa shape index (κ3) is 5.55. The molecular weight excluding hydrogens is 288 g/mol. The van der Waals surface area contributed by atoms with Crippen LogP contribution in [-0.2, 0) is 10.0 Å². The van der Waals surface area contributed by atoms with Crippen molar-refractivity contribution in [2.24, 2.45) is 5.92 Å². The Bertz CT molecular complexity index is 552. The normalized spacial score (nSPS) is 22.9. The standard InChI is InChI=1S/C15H24N2O3S/c1-12-5-7-14(8-6-12)17-21(18,19)10-9-20-15-4-2-3-13(16)11-15/h2-4,11-12,14,17H,5-10,16H2,1H3. The van der Waals surface area contributed by atoms with Gasteiger partial charge in [-0.15, -0.1) is 0 Å². The summed E-state index contributed by atoms with van der Waals surface area (Å²) >= 11 is 0. The summed E-state index contributed by atoms with van der Waals surface area (Å²) in [4.78, 5) is 0. The van der Waals surface area contributed by atoms with E-state index in [0.29, 0.717) is 17.4 Å². The van der Waals surface area contributed by atoms with Crippen LogP contribution in [0, 0.1) is 5.92 Å². The fraction of sp³-hybridized carbons (Fsp3) is 0.600. The lowest BCUT2D eigenvalue weighted by atomic mass is 9.88. The molecule has 118 valence electrons. The number of hydrogen-bond donors (Lipinski definition) is 2. The van der Waals surface area contributed by atoms with Gasteiger partial charge < -0.3 is 10.5 Å². The molecule has 2 rings (SSSR count). The Balaban J connectivity index is 1.76. The van der Waals surface area contributed by atoms with Crippen LogP contribution in [0.1, 0.15) is 32.6 Å². The maximum Gasteiger partial charge on any atom is 0.215 e. The first-order valence-electron chi connectivity index (χ1n) is 7.43. The molecule has 1 aliphatic carbocycles. The molecule has 0 amide bonds. The molecule has 1 saturated carbocycles. The van der Waals surface area contributed by atoms with Crippen molar-refractivity contribution >= 4 is 15.7 Å². The van der Waals surface area contributed by atoms with Crippen molar-refractivity contribution < 1.29 is 13.2 Å². The van der Waals surface area contributed by atoms with Gasteiger partial charge in [-0.25, -0.2) is 13.1 Å². The van der Waals surface area contributed by atoms with E-state index in [1.165, 1.54) is 0 Å². The van der Waals surface area contributed by atoms with Crippen LogP contribution in [0.3, 0.4) is 0 Å². The molecule has 1 fully saturated rings. The van der Waals surface area contributed by atoms with Crippen LogP contribution in [0.25, 0.3) is 0 Å². The molecule has 1 aliphatic rings. The molecule has 3 N–H and O–H groups in total. The van der Waals surface area contributed by atoms with Gasteiger partial charge in [-0.2, -0.15) is 0 Å². The smallest absolute Gasteiger partial charge is 0.215 e. The summed E-state index contributed by atoms with van der Waals surface area (Å²) < 4.78 is 32.3. The Labute approximate surface area is 126 Å². The first kappa shape index (κ1) is 16.1. The van der Waals surface area contributed by atoms with Crippen LogP contribution >= 0.6 is 0 Å². The third-order valence-electron chi connectivity index (χ3n) is 3.84. The van der Waals surface area contributed by atoms with E-state index in [1.807, 2.05) is 0 Å². The Hall–Kier alpha value is -1.27. The Kier molecular flexibility index (Phi) is 5.47. The first-order valence-corrected chi connectivity index (χ1v) is 9.08. The van der Waals surface area contributed by atoms with Crippen molar-refractivity contribution in [3.8, 4) is 5.75 Å². The van der Waals surface area contributed by atoms with Gasteiger partial charge in [-0.1, -0.05) is 13.0 Å². The van der Waals surface area contributed by atoms with E-state index in [2.05, 4.69) is 11.6 Å². The number of sulfonamides is 1. The highest BCUT2D eigenvalue weighted by Gasteiger charge is 2.22. The lowest BCUT2D eigenvalue weighted by molar-refractivity contribution is 0.326. The molecule has 0 aromatic heterocycles. The minimum absolute atomic E-state index is 0.0339. The van der Waals surface area contributed by atoms with Crippen LogP contribution in [0.2, 0.25) is 0 Å². The molecular formula is C15H24N2O3S. The fourth-order valence-corrected chi connectivity index (χ4v) is 3.73. The summed E-state index contributed by atoms with van der Waals surface area (Å²) in [5.41, 5.74) is 6.24. The number of rotatable bonds is 6. The summed E-state index contributed by atoms with van der Waals surface area (Å²) in [5.74, 6) is 1.27. The highest BCUT2D eigenvalue weighted by Crippen LogP contribution is 2.23. The number of ether oxygens (including phenoxy) is 1. The maximum atomic E-state index is 12.0. The highest BCUT2D eigenvalue weighted by atomic mass is 32.2. The van der Waals surface area contributed by atoms with E-state index in [-0.39, 0.29) is 18.4 Å². The quantitative estimate of drug-likeness (QED) is 0.789. The third-order valence-corrected chi connectivity index (χ3v) is 5.24. The van der Waals surface area contributed by atoms with E-state index in [0.717, 1.165) is 25.7 Å². The van der Waals surface area contributed by atoms with Crippen LogP contribution < -0.4 is 15.2 Å². The molecule has 0 spiro atoms. The van der Waals surface area contributed by atoms with Gasteiger partial charge in [0.25, 0.3) is 0 Å². The Morgan fingerprint density at radius 2 is 2.00 bits per heavy atom. The maximum absolute atomic E-state index is 12.0. The number of anilines is 1. The van der Waals surface area contributed by atoms with Crippen molar-refractivity contribution in [3.63, 3.8) is 0 Å². The van der Waals surface area contributed by atoms with E-state index < -0.39 is 10.0 Å². The lowest BCUT2D eigenvalue weighted by Gasteiger charge is -2.26. The zero-order valence-electron chi connectivity index (χ0n) is 12.4. The molecule has 0 heterocycles. The van der Waals surface area contributed by atoms with Gasteiger partial charge in [0.2, 0.25) is 10.0 Å². The summed E-state index contributed by atoms with van der Waals surface area (Å²) in [6.07, 6.45) is 4.03. The predicted octanol–water partition coefficient (Wildman–Crippen LogP) is 2.15. The highest BCUT2D eigenvalue weighted by molar-refractivity contribution is 7.89. The second-order valence-corrected chi connectivity index (χ2v) is 7.69. The monoisotopic (exact) mass is 312 g/mol. The first-order chi connectivity index (χ1) is 9.94. The summed E-state index contributed by atoms with van der Waals surface area (Å²) in [6.45, 7) is 2.34. The summed E-state index contributed by atoms with van der Waals surface area (Å²) in [7, 11) is -3.29. The molecule has 0 atom stereocenters.